The smallest absolute Gasteiger partial charge is 0.146 e. The number of nitrogens with zero attached hydrogens (tertiary/aromatic N) is 1. The van der Waals surface area contributed by atoms with Crippen LogP contribution in [0.1, 0.15) is 0 Å². The van der Waals surface area contributed by atoms with E-state index in [0.717, 1.165) is 11.4 Å². The molecule has 2 nitrogen and oxygen atoms in total. The summed E-state index contributed by atoms with van der Waals surface area (Å²) in [6.45, 7) is 0. The molecule has 0 bridgehead atoms. The normalized spacial score (nSPS) is 10.1. The van der Waals surface area contributed by atoms with Crippen LogP contribution in [0.2, 0.25) is 0 Å². The zero-order chi connectivity index (χ0) is 12.3. The summed E-state index contributed by atoms with van der Waals surface area (Å²) in [6, 6.07) is 14.6. The third-order valence-electron chi connectivity index (χ3n) is 2.76. The molecule has 0 spiro atoms. The van der Waals surface area contributed by atoms with Crippen LogP contribution in [-0.4, -0.2) is 14.1 Å². The summed E-state index contributed by atoms with van der Waals surface area (Å²) in [5, 5.41) is 3.05. The predicted molar refractivity (Wildman–Crippen MR) is 70.5 cm³/mol. The Labute approximate surface area is 101 Å². The van der Waals surface area contributed by atoms with E-state index in [0.29, 0.717) is 5.69 Å². The lowest BCUT2D eigenvalue weighted by Gasteiger charge is -2.20. The van der Waals surface area contributed by atoms with E-state index in [1.165, 1.54) is 6.07 Å². The predicted octanol–water partition coefficient (Wildman–Crippen LogP) is 3.64. The van der Waals surface area contributed by atoms with Gasteiger partial charge in [-0.1, -0.05) is 12.1 Å². The van der Waals surface area contributed by atoms with Gasteiger partial charge in [-0.05, 0) is 36.4 Å². The van der Waals surface area contributed by atoms with E-state index < -0.39 is 0 Å². The Hall–Kier alpha value is -2.03. The van der Waals surface area contributed by atoms with Crippen molar-refractivity contribution < 1.29 is 4.39 Å². The summed E-state index contributed by atoms with van der Waals surface area (Å²) in [6.07, 6.45) is 0. The zero-order valence-electron chi connectivity index (χ0n) is 9.94. The fourth-order valence-electron chi connectivity index (χ4n) is 1.71. The van der Waals surface area contributed by atoms with Crippen LogP contribution >= 0.6 is 0 Å². The largest absolute Gasteiger partial charge is 0.388 e. The molecular formula is C14H15FN2. The summed E-state index contributed by atoms with van der Waals surface area (Å²) < 4.78 is 13.6. The van der Waals surface area contributed by atoms with Crippen molar-refractivity contribution in [3.8, 4) is 0 Å². The van der Waals surface area contributed by atoms with Crippen LogP contribution < -0.4 is 10.2 Å². The van der Waals surface area contributed by atoms with Crippen molar-refractivity contribution in [2.24, 2.45) is 0 Å². The molecule has 0 aromatic heterocycles. The van der Waals surface area contributed by atoms with Crippen molar-refractivity contribution in [1.29, 1.82) is 0 Å². The van der Waals surface area contributed by atoms with E-state index in [1.54, 1.807) is 12.1 Å². The molecule has 0 saturated heterocycles. The van der Waals surface area contributed by atoms with Crippen LogP contribution in [0.25, 0.3) is 0 Å². The van der Waals surface area contributed by atoms with Crippen molar-refractivity contribution in [3.05, 3.63) is 54.3 Å². The maximum atomic E-state index is 13.6. The number of anilines is 3. The highest BCUT2D eigenvalue weighted by molar-refractivity contribution is 5.65. The summed E-state index contributed by atoms with van der Waals surface area (Å²) in [7, 11) is 3.72. The zero-order valence-corrected chi connectivity index (χ0v) is 9.94. The molecule has 0 aliphatic heterocycles. The molecule has 0 heterocycles. The molecule has 88 valence electrons. The van der Waals surface area contributed by atoms with E-state index in [9.17, 15) is 4.39 Å². The molecule has 2 aromatic rings. The molecule has 1 N–H and O–H groups in total. The summed E-state index contributed by atoms with van der Waals surface area (Å²) in [4.78, 5) is 1.83. The minimum absolute atomic E-state index is 0.215. The summed E-state index contributed by atoms with van der Waals surface area (Å²) in [5.74, 6) is -0.215. The van der Waals surface area contributed by atoms with Gasteiger partial charge in [0.05, 0.1) is 5.69 Å². The highest BCUT2D eigenvalue weighted by atomic mass is 19.1. The molecule has 0 unspecified atom stereocenters. The number of para-hydroxylation sites is 1. The van der Waals surface area contributed by atoms with Crippen LogP contribution in [0.3, 0.4) is 0 Å². The average Bonchev–Trinajstić information content (AvgIpc) is 2.39. The van der Waals surface area contributed by atoms with Crippen LogP contribution in [0.5, 0.6) is 0 Å². The maximum Gasteiger partial charge on any atom is 0.146 e. The summed E-state index contributed by atoms with van der Waals surface area (Å²) in [5.41, 5.74) is 2.56. The molecule has 0 amide bonds. The van der Waals surface area contributed by atoms with Crippen molar-refractivity contribution in [2.45, 2.75) is 0 Å². The van der Waals surface area contributed by atoms with Gasteiger partial charge in [-0.2, -0.15) is 0 Å². The standard InChI is InChI=1S/C14H15FN2/c1-16-11-7-9-12(10-8-11)17(2)14-6-4-3-5-13(14)15/h3-10,16H,1-2H3. The number of benzene rings is 2. The first kappa shape index (κ1) is 11.5. The minimum atomic E-state index is -0.215. The molecule has 0 aliphatic rings. The van der Waals surface area contributed by atoms with Crippen LogP contribution in [0, 0.1) is 5.82 Å². The van der Waals surface area contributed by atoms with Gasteiger partial charge in [-0.25, -0.2) is 4.39 Å². The fourth-order valence-corrected chi connectivity index (χ4v) is 1.71. The topological polar surface area (TPSA) is 15.3 Å². The highest BCUT2D eigenvalue weighted by Crippen LogP contribution is 2.26. The highest BCUT2D eigenvalue weighted by Gasteiger charge is 2.07. The Morgan fingerprint density at radius 3 is 2.24 bits per heavy atom. The van der Waals surface area contributed by atoms with Crippen LogP contribution in [0.15, 0.2) is 48.5 Å². The molecule has 0 fully saturated rings. The quantitative estimate of drug-likeness (QED) is 0.866. The molecule has 2 aromatic carbocycles. The van der Waals surface area contributed by atoms with Gasteiger partial charge in [0.25, 0.3) is 0 Å². The minimum Gasteiger partial charge on any atom is -0.388 e. The van der Waals surface area contributed by atoms with Gasteiger partial charge in [0.2, 0.25) is 0 Å². The van der Waals surface area contributed by atoms with Gasteiger partial charge >= 0.3 is 0 Å². The first-order valence-corrected chi connectivity index (χ1v) is 5.48. The number of rotatable bonds is 3. The summed E-state index contributed by atoms with van der Waals surface area (Å²) >= 11 is 0. The number of halogens is 1. The SMILES string of the molecule is CNc1ccc(N(C)c2ccccc2F)cc1. The Bertz CT molecular complexity index is 494. The molecule has 17 heavy (non-hydrogen) atoms. The van der Waals surface area contributed by atoms with Crippen molar-refractivity contribution in [1.82, 2.24) is 0 Å². The Morgan fingerprint density at radius 2 is 1.65 bits per heavy atom. The van der Waals surface area contributed by atoms with Gasteiger partial charge in [0.1, 0.15) is 5.82 Å². The van der Waals surface area contributed by atoms with Crippen molar-refractivity contribution >= 4 is 17.1 Å². The van der Waals surface area contributed by atoms with Crippen molar-refractivity contribution in [2.75, 3.05) is 24.3 Å². The second-order valence-electron chi connectivity index (χ2n) is 3.81. The first-order chi connectivity index (χ1) is 8.22. The number of hydrogen-bond acceptors (Lipinski definition) is 2. The molecule has 3 heteroatoms. The van der Waals surface area contributed by atoms with Gasteiger partial charge in [-0.15, -0.1) is 0 Å². The lowest BCUT2D eigenvalue weighted by molar-refractivity contribution is 0.627. The van der Waals surface area contributed by atoms with Gasteiger partial charge in [0, 0.05) is 25.5 Å². The third kappa shape index (κ3) is 2.38. The van der Waals surface area contributed by atoms with E-state index in [-0.39, 0.29) is 5.82 Å². The molecular weight excluding hydrogens is 215 g/mol. The average molecular weight is 230 g/mol. The molecule has 0 saturated carbocycles. The second-order valence-corrected chi connectivity index (χ2v) is 3.81. The van der Waals surface area contributed by atoms with Crippen molar-refractivity contribution in [3.63, 3.8) is 0 Å². The Morgan fingerprint density at radius 1 is 1.00 bits per heavy atom. The van der Waals surface area contributed by atoms with Gasteiger partial charge in [0.15, 0.2) is 0 Å². The van der Waals surface area contributed by atoms with E-state index >= 15 is 0 Å². The fraction of sp³-hybridized carbons (Fsp3) is 0.143. The Kier molecular flexibility index (Phi) is 3.28. The van der Waals surface area contributed by atoms with Crippen LogP contribution in [0.4, 0.5) is 21.5 Å². The van der Waals surface area contributed by atoms with Gasteiger partial charge in [-0.3, -0.25) is 0 Å². The van der Waals surface area contributed by atoms with E-state index in [2.05, 4.69) is 5.32 Å². The number of hydrogen-bond donors (Lipinski definition) is 1. The monoisotopic (exact) mass is 230 g/mol. The second kappa shape index (κ2) is 4.87. The number of nitrogens with one attached hydrogen (secondary N) is 1. The lowest BCUT2D eigenvalue weighted by Crippen LogP contribution is -2.10. The first-order valence-electron chi connectivity index (χ1n) is 5.48. The molecule has 0 aliphatic carbocycles. The Balaban J connectivity index is 2.30. The third-order valence-corrected chi connectivity index (χ3v) is 2.76. The molecule has 0 atom stereocenters. The van der Waals surface area contributed by atoms with Gasteiger partial charge < -0.3 is 10.2 Å². The molecule has 0 radical (unpaired) electrons. The van der Waals surface area contributed by atoms with Crippen LogP contribution in [-0.2, 0) is 0 Å². The van der Waals surface area contributed by atoms with E-state index in [4.69, 9.17) is 0 Å². The molecule has 2 rings (SSSR count). The van der Waals surface area contributed by atoms with E-state index in [1.807, 2.05) is 49.3 Å². The lowest BCUT2D eigenvalue weighted by atomic mass is 10.2. The maximum absolute atomic E-state index is 13.6.